The molecule has 1 aromatic carbocycles. The summed E-state index contributed by atoms with van der Waals surface area (Å²) in [5, 5.41) is 3.22. The van der Waals surface area contributed by atoms with Crippen LogP contribution in [-0.4, -0.2) is 39.5 Å². The minimum atomic E-state index is -3.38. The maximum absolute atomic E-state index is 12.3. The van der Waals surface area contributed by atoms with Crippen LogP contribution in [0.4, 0.5) is 0 Å². The van der Waals surface area contributed by atoms with Gasteiger partial charge in [0.1, 0.15) is 0 Å². The lowest BCUT2D eigenvalue weighted by molar-refractivity contribution is 0.344. The van der Waals surface area contributed by atoms with E-state index < -0.39 is 10.0 Å². The van der Waals surface area contributed by atoms with Gasteiger partial charge in [0.05, 0.1) is 4.90 Å². The highest BCUT2D eigenvalue weighted by Crippen LogP contribution is 2.19. The van der Waals surface area contributed by atoms with Gasteiger partial charge in [0.2, 0.25) is 10.0 Å². The first kappa shape index (κ1) is 14.0. The highest BCUT2D eigenvalue weighted by Gasteiger charge is 2.18. The van der Waals surface area contributed by atoms with E-state index >= 15 is 0 Å². The molecule has 2 heterocycles. The Morgan fingerprint density at radius 3 is 2.70 bits per heavy atom. The van der Waals surface area contributed by atoms with Crippen molar-refractivity contribution in [3.8, 4) is 0 Å². The third kappa shape index (κ3) is 3.03. The van der Waals surface area contributed by atoms with E-state index in [1.807, 2.05) is 6.07 Å². The highest BCUT2D eigenvalue weighted by atomic mass is 32.2. The van der Waals surface area contributed by atoms with Crippen molar-refractivity contribution >= 4 is 10.0 Å². The summed E-state index contributed by atoms with van der Waals surface area (Å²) in [5.41, 5.74) is 2.29. The van der Waals surface area contributed by atoms with E-state index in [0.29, 0.717) is 11.4 Å². The van der Waals surface area contributed by atoms with Gasteiger partial charge in [0, 0.05) is 26.2 Å². The third-order valence-electron chi connectivity index (χ3n) is 4.04. The van der Waals surface area contributed by atoms with Crippen molar-refractivity contribution in [2.45, 2.75) is 30.8 Å². The quantitative estimate of drug-likeness (QED) is 0.838. The van der Waals surface area contributed by atoms with Crippen molar-refractivity contribution in [3.63, 3.8) is 0 Å². The van der Waals surface area contributed by atoms with Crippen LogP contribution in [0.15, 0.2) is 23.1 Å². The third-order valence-corrected chi connectivity index (χ3v) is 5.50. The number of fused-ring (bicyclic) bond motifs is 1. The fourth-order valence-corrected chi connectivity index (χ4v) is 3.94. The molecule has 0 aliphatic carbocycles. The first-order valence-corrected chi connectivity index (χ1v) is 8.68. The normalized spacial score (nSPS) is 19.4. The molecule has 3 rings (SSSR count). The summed E-state index contributed by atoms with van der Waals surface area (Å²) in [7, 11) is -3.38. The Labute approximate surface area is 120 Å². The second-order valence-electron chi connectivity index (χ2n) is 5.48. The molecule has 0 bridgehead atoms. The molecule has 0 amide bonds. The van der Waals surface area contributed by atoms with Crippen molar-refractivity contribution in [1.29, 1.82) is 0 Å². The minimum absolute atomic E-state index is 0.376. The van der Waals surface area contributed by atoms with Crippen molar-refractivity contribution in [1.82, 2.24) is 14.9 Å². The van der Waals surface area contributed by atoms with Gasteiger partial charge < -0.3 is 10.2 Å². The van der Waals surface area contributed by atoms with E-state index in [2.05, 4.69) is 14.9 Å². The average Bonchev–Trinajstić information content (AvgIpc) is 3.08. The van der Waals surface area contributed by atoms with Gasteiger partial charge in [0.15, 0.2) is 0 Å². The van der Waals surface area contributed by atoms with Crippen LogP contribution >= 0.6 is 0 Å². The van der Waals surface area contributed by atoms with Crippen molar-refractivity contribution < 1.29 is 8.42 Å². The van der Waals surface area contributed by atoms with Gasteiger partial charge in [-0.2, -0.15) is 0 Å². The second-order valence-corrected chi connectivity index (χ2v) is 7.25. The number of nitrogens with one attached hydrogen (secondary N) is 2. The van der Waals surface area contributed by atoms with E-state index in [4.69, 9.17) is 0 Å². The number of rotatable bonds is 5. The monoisotopic (exact) mass is 295 g/mol. The molecule has 2 aliphatic heterocycles. The zero-order valence-electron chi connectivity index (χ0n) is 11.6. The first-order chi connectivity index (χ1) is 9.65. The molecule has 110 valence electrons. The summed E-state index contributed by atoms with van der Waals surface area (Å²) in [5.74, 6) is 0. The Kier molecular flexibility index (Phi) is 4.07. The van der Waals surface area contributed by atoms with Gasteiger partial charge in [-0.15, -0.1) is 0 Å². The summed E-state index contributed by atoms with van der Waals surface area (Å²) in [4.78, 5) is 2.68. The van der Waals surface area contributed by atoms with Crippen LogP contribution in [0.1, 0.15) is 24.0 Å². The molecule has 1 saturated heterocycles. The molecule has 0 atom stereocenters. The average molecular weight is 295 g/mol. The second kappa shape index (κ2) is 5.81. The van der Waals surface area contributed by atoms with Gasteiger partial charge >= 0.3 is 0 Å². The SMILES string of the molecule is O=S(=O)(NCCN1CCCC1)c1ccc2c(c1)CNC2. The van der Waals surface area contributed by atoms with Crippen LogP contribution in [-0.2, 0) is 23.1 Å². The molecular formula is C14H21N3O2S. The summed E-state index contributed by atoms with van der Waals surface area (Å²) in [6.45, 7) is 5.05. The van der Waals surface area contributed by atoms with Crippen LogP contribution in [0.5, 0.6) is 0 Å². The standard InChI is InChI=1S/C14H21N3O2S/c18-20(19,16-5-8-17-6-1-2-7-17)14-4-3-12-10-15-11-13(12)9-14/h3-4,9,15-16H,1-2,5-8,10-11H2. The zero-order chi connectivity index (χ0) is 14.0. The maximum Gasteiger partial charge on any atom is 0.240 e. The molecular weight excluding hydrogens is 274 g/mol. The Hall–Kier alpha value is -0.950. The fraction of sp³-hybridized carbons (Fsp3) is 0.571. The van der Waals surface area contributed by atoms with Crippen molar-refractivity contribution in [3.05, 3.63) is 29.3 Å². The Morgan fingerprint density at radius 2 is 1.90 bits per heavy atom. The van der Waals surface area contributed by atoms with Crippen LogP contribution in [0.25, 0.3) is 0 Å². The molecule has 6 heteroatoms. The minimum Gasteiger partial charge on any atom is -0.309 e. The first-order valence-electron chi connectivity index (χ1n) is 7.20. The summed E-state index contributed by atoms with van der Waals surface area (Å²) >= 11 is 0. The van der Waals surface area contributed by atoms with Crippen molar-refractivity contribution in [2.24, 2.45) is 0 Å². The van der Waals surface area contributed by atoms with E-state index in [0.717, 1.165) is 38.3 Å². The lowest BCUT2D eigenvalue weighted by Gasteiger charge is -2.15. The predicted molar refractivity (Wildman–Crippen MR) is 77.8 cm³/mol. The van der Waals surface area contributed by atoms with E-state index in [1.54, 1.807) is 12.1 Å². The van der Waals surface area contributed by atoms with Crippen molar-refractivity contribution in [2.75, 3.05) is 26.2 Å². The molecule has 0 saturated carbocycles. The number of likely N-dealkylation sites (tertiary alicyclic amines) is 1. The molecule has 0 radical (unpaired) electrons. The topological polar surface area (TPSA) is 61.4 Å². The predicted octanol–water partition coefficient (Wildman–Crippen LogP) is 0.664. The van der Waals surface area contributed by atoms with Gasteiger partial charge in [-0.05, 0) is 49.2 Å². The lowest BCUT2D eigenvalue weighted by atomic mass is 10.1. The molecule has 0 aromatic heterocycles. The molecule has 0 unspecified atom stereocenters. The molecule has 1 fully saturated rings. The molecule has 20 heavy (non-hydrogen) atoms. The number of hydrogen-bond donors (Lipinski definition) is 2. The summed E-state index contributed by atoms with van der Waals surface area (Å²) in [6.07, 6.45) is 2.45. The zero-order valence-corrected chi connectivity index (χ0v) is 12.4. The Balaban J connectivity index is 1.62. The molecule has 1 aromatic rings. The fourth-order valence-electron chi connectivity index (χ4n) is 2.87. The number of benzene rings is 1. The summed E-state index contributed by atoms with van der Waals surface area (Å²) in [6, 6.07) is 5.39. The molecule has 2 aliphatic rings. The molecule has 0 spiro atoms. The largest absolute Gasteiger partial charge is 0.309 e. The lowest BCUT2D eigenvalue weighted by Crippen LogP contribution is -2.33. The van der Waals surface area contributed by atoms with Gasteiger partial charge in [-0.1, -0.05) is 6.07 Å². The molecule has 2 N–H and O–H groups in total. The van der Waals surface area contributed by atoms with Crippen LogP contribution in [0.3, 0.4) is 0 Å². The Bertz CT molecular complexity index is 580. The van der Waals surface area contributed by atoms with E-state index in [-0.39, 0.29) is 0 Å². The van der Waals surface area contributed by atoms with E-state index in [1.165, 1.54) is 18.4 Å². The van der Waals surface area contributed by atoms with E-state index in [9.17, 15) is 8.42 Å². The Morgan fingerprint density at radius 1 is 1.15 bits per heavy atom. The van der Waals surface area contributed by atoms with Crippen LogP contribution in [0, 0.1) is 0 Å². The van der Waals surface area contributed by atoms with Gasteiger partial charge in [-0.3, -0.25) is 0 Å². The smallest absolute Gasteiger partial charge is 0.240 e. The summed E-state index contributed by atoms with van der Waals surface area (Å²) < 4.78 is 27.2. The highest BCUT2D eigenvalue weighted by molar-refractivity contribution is 7.89. The number of sulfonamides is 1. The maximum atomic E-state index is 12.3. The van der Waals surface area contributed by atoms with Crippen LogP contribution in [0.2, 0.25) is 0 Å². The van der Waals surface area contributed by atoms with Gasteiger partial charge in [0.25, 0.3) is 0 Å². The molecule has 5 nitrogen and oxygen atoms in total. The van der Waals surface area contributed by atoms with Crippen LogP contribution < -0.4 is 10.0 Å². The van der Waals surface area contributed by atoms with Gasteiger partial charge in [-0.25, -0.2) is 13.1 Å². The number of hydrogen-bond acceptors (Lipinski definition) is 4. The number of nitrogens with zero attached hydrogens (tertiary/aromatic N) is 1.